The predicted octanol–water partition coefficient (Wildman–Crippen LogP) is 0.902. The van der Waals surface area contributed by atoms with E-state index >= 15 is 0 Å². The molecule has 0 aromatic heterocycles. The maximum absolute atomic E-state index is 12.2. The minimum Gasteiger partial charge on any atom is -0.370 e. The van der Waals surface area contributed by atoms with Crippen LogP contribution in [-0.4, -0.2) is 54.3 Å². The molecule has 0 spiro atoms. The van der Waals surface area contributed by atoms with E-state index in [0.717, 1.165) is 18.7 Å². The molecule has 0 unspecified atom stereocenters. The number of nitrogens with two attached hydrogens (primary N) is 1. The fourth-order valence-corrected chi connectivity index (χ4v) is 2.50. The van der Waals surface area contributed by atoms with Gasteiger partial charge in [-0.25, -0.2) is 0 Å². The average Bonchev–Trinajstić information content (AvgIpc) is 2.48. The lowest BCUT2D eigenvalue weighted by Crippen LogP contribution is -2.49. The SMILES string of the molecule is NC(=O)CCN1CCN(C(=O)Cc2ccc(Cl)cc2)CC1. The first-order valence-electron chi connectivity index (χ1n) is 7.07. The van der Waals surface area contributed by atoms with Crippen molar-refractivity contribution in [2.75, 3.05) is 32.7 Å². The van der Waals surface area contributed by atoms with Gasteiger partial charge in [-0.3, -0.25) is 14.5 Å². The van der Waals surface area contributed by atoms with Crippen molar-refractivity contribution >= 4 is 23.4 Å². The molecule has 1 aromatic rings. The molecule has 1 saturated heterocycles. The van der Waals surface area contributed by atoms with Gasteiger partial charge in [-0.05, 0) is 17.7 Å². The molecule has 2 amide bonds. The number of hydrogen-bond donors (Lipinski definition) is 1. The maximum atomic E-state index is 12.2. The summed E-state index contributed by atoms with van der Waals surface area (Å²) in [5, 5.41) is 0.675. The van der Waals surface area contributed by atoms with Gasteiger partial charge in [-0.1, -0.05) is 23.7 Å². The zero-order chi connectivity index (χ0) is 15.2. The van der Waals surface area contributed by atoms with E-state index in [-0.39, 0.29) is 11.8 Å². The molecule has 1 aliphatic rings. The van der Waals surface area contributed by atoms with Crippen LogP contribution in [-0.2, 0) is 16.0 Å². The average molecular weight is 310 g/mol. The first-order chi connectivity index (χ1) is 10.0. The summed E-state index contributed by atoms with van der Waals surface area (Å²) in [5.41, 5.74) is 6.11. The number of carbonyl (C=O) groups excluding carboxylic acids is 2. The van der Waals surface area contributed by atoms with Gasteiger partial charge in [0.15, 0.2) is 0 Å². The van der Waals surface area contributed by atoms with Crippen molar-refractivity contribution in [3.8, 4) is 0 Å². The van der Waals surface area contributed by atoms with E-state index < -0.39 is 0 Å². The third-order valence-electron chi connectivity index (χ3n) is 3.67. The van der Waals surface area contributed by atoms with E-state index in [1.165, 1.54) is 0 Å². The van der Waals surface area contributed by atoms with Crippen LogP contribution < -0.4 is 5.73 Å². The molecule has 0 radical (unpaired) electrons. The van der Waals surface area contributed by atoms with Crippen molar-refractivity contribution in [2.45, 2.75) is 12.8 Å². The summed E-state index contributed by atoms with van der Waals surface area (Å²) >= 11 is 5.83. The Morgan fingerprint density at radius 3 is 2.29 bits per heavy atom. The molecule has 0 bridgehead atoms. The van der Waals surface area contributed by atoms with E-state index in [9.17, 15) is 9.59 Å². The molecular formula is C15H20ClN3O2. The van der Waals surface area contributed by atoms with E-state index in [1.807, 2.05) is 17.0 Å². The van der Waals surface area contributed by atoms with E-state index in [1.54, 1.807) is 12.1 Å². The lowest BCUT2D eigenvalue weighted by Gasteiger charge is -2.34. The third-order valence-corrected chi connectivity index (χ3v) is 3.92. The Morgan fingerprint density at radius 2 is 1.71 bits per heavy atom. The number of amides is 2. The van der Waals surface area contributed by atoms with Gasteiger partial charge in [0.2, 0.25) is 11.8 Å². The molecule has 6 heteroatoms. The van der Waals surface area contributed by atoms with Crippen LogP contribution in [0.2, 0.25) is 5.02 Å². The van der Waals surface area contributed by atoms with Gasteiger partial charge in [0.25, 0.3) is 0 Å². The van der Waals surface area contributed by atoms with E-state index in [2.05, 4.69) is 4.90 Å². The minimum absolute atomic E-state index is 0.131. The van der Waals surface area contributed by atoms with Crippen molar-refractivity contribution in [1.82, 2.24) is 9.80 Å². The highest BCUT2D eigenvalue weighted by molar-refractivity contribution is 6.30. The summed E-state index contributed by atoms with van der Waals surface area (Å²) in [5.74, 6) is -0.150. The molecule has 5 nitrogen and oxygen atoms in total. The van der Waals surface area contributed by atoms with Gasteiger partial charge < -0.3 is 10.6 Å². The van der Waals surface area contributed by atoms with Crippen LogP contribution in [0, 0.1) is 0 Å². The molecule has 2 rings (SSSR count). The van der Waals surface area contributed by atoms with Crippen LogP contribution in [0.1, 0.15) is 12.0 Å². The van der Waals surface area contributed by atoms with Gasteiger partial charge in [-0.15, -0.1) is 0 Å². The number of benzene rings is 1. The Morgan fingerprint density at radius 1 is 1.10 bits per heavy atom. The molecule has 0 saturated carbocycles. The summed E-state index contributed by atoms with van der Waals surface area (Å²) in [6, 6.07) is 7.35. The molecule has 114 valence electrons. The van der Waals surface area contributed by atoms with Gasteiger partial charge in [0, 0.05) is 44.2 Å². The molecule has 1 aromatic carbocycles. The van der Waals surface area contributed by atoms with Crippen LogP contribution >= 0.6 is 11.6 Å². The number of nitrogens with zero attached hydrogens (tertiary/aromatic N) is 2. The monoisotopic (exact) mass is 309 g/mol. The molecular weight excluding hydrogens is 290 g/mol. The van der Waals surface area contributed by atoms with Gasteiger partial charge >= 0.3 is 0 Å². The summed E-state index contributed by atoms with van der Waals surface area (Å²) in [6.07, 6.45) is 0.775. The van der Waals surface area contributed by atoms with Crippen molar-refractivity contribution < 1.29 is 9.59 Å². The normalized spacial score (nSPS) is 16.0. The highest BCUT2D eigenvalue weighted by Gasteiger charge is 2.21. The summed E-state index contributed by atoms with van der Waals surface area (Å²) in [6.45, 7) is 3.66. The molecule has 0 aliphatic carbocycles. The van der Waals surface area contributed by atoms with Crippen LogP contribution in [0.25, 0.3) is 0 Å². The fraction of sp³-hybridized carbons (Fsp3) is 0.467. The van der Waals surface area contributed by atoms with Gasteiger partial charge in [0.05, 0.1) is 6.42 Å². The fourth-order valence-electron chi connectivity index (χ4n) is 2.38. The van der Waals surface area contributed by atoms with E-state index in [0.29, 0.717) is 37.5 Å². The Kier molecular flexibility index (Phi) is 5.59. The molecule has 21 heavy (non-hydrogen) atoms. The van der Waals surface area contributed by atoms with Crippen LogP contribution in [0.15, 0.2) is 24.3 Å². The maximum Gasteiger partial charge on any atom is 0.227 e. The van der Waals surface area contributed by atoms with Crippen LogP contribution in [0.3, 0.4) is 0 Å². The lowest BCUT2D eigenvalue weighted by atomic mass is 10.1. The van der Waals surface area contributed by atoms with Crippen molar-refractivity contribution in [3.05, 3.63) is 34.9 Å². The summed E-state index contributed by atoms with van der Waals surface area (Å²) in [4.78, 5) is 27.0. The van der Waals surface area contributed by atoms with E-state index in [4.69, 9.17) is 17.3 Å². The molecule has 1 aliphatic heterocycles. The standard InChI is InChI=1S/C15H20ClN3O2/c16-13-3-1-12(2-4-13)11-15(21)19-9-7-18(8-10-19)6-5-14(17)20/h1-4H,5-11H2,(H2,17,20). The lowest BCUT2D eigenvalue weighted by molar-refractivity contribution is -0.132. The van der Waals surface area contributed by atoms with Crippen LogP contribution in [0.4, 0.5) is 0 Å². The quantitative estimate of drug-likeness (QED) is 0.879. The topological polar surface area (TPSA) is 66.6 Å². The smallest absolute Gasteiger partial charge is 0.227 e. The Hall–Kier alpha value is -1.59. The zero-order valence-electron chi connectivity index (χ0n) is 11.9. The third kappa shape index (κ3) is 5.02. The number of hydrogen-bond acceptors (Lipinski definition) is 3. The predicted molar refractivity (Wildman–Crippen MR) is 82.0 cm³/mol. The van der Waals surface area contributed by atoms with Crippen LogP contribution in [0.5, 0.6) is 0 Å². The van der Waals surface area contributed by atoms with Crippen molar-refractivity contribution in [1.29, 1.82) is 0 Å². The summed E-state index contributed by atoms with van der Waals surface area (Å²) < 4.78 is 0. The second-order valence-corrected chi connectivity index (χ2v) is 5.68. The molecule has 1 heterocycles. The second-order valence-electron chi connectivity index (χ2n) is 5.24. The first kappa shape index (κ1) is 15.8. The zero-order valence-corrected chi connectivity index (χ0v) is 12.7. The largest absolute Gasteiger partial charge is 0.370 e. The van der Waals surface area contributed by atoms with Crippen molar-refractivity contribution in [3.63, 3.8) is 0 Å². The number of rotatable bonds is 5. The highest BCUT2D eigenvalue weighted by atomic mass is 35.5. The highest BCUT2D eigenvalue weighted by Crippen LogP contribution is 2.12. The van der Waals surface area contributed by atoms with Gasteiger partial charge in [-0.2, -0.15) is 0 Å². The second kappa shape index (κ2) is 7.43. The molecule has 0 atom stereocenters. The minimum atomic E-state index is -0.281. The number of carbonyl (C=O) groups is 2. The van der Waals surface area contributed by atoms with Gasteiger partial charge in [0.1, 0.15) is 0 Å². The summed E-state index contributed by atoms with van der Waals surface area (Å²) in [7, 11) is 0. The number of halogens is 1. The Balaban J connectivity index is 1.77. The Bertz CT molecular complexity index is 496. The van der Waals surface area contributed by atoms with Crippen molar-refractivity contribution in [2.24, 2.45) is 5.73 Å². The molecule has 1 fully saturated rings. The Labute approximate surface area is 129 Å². The number of primary amides is 1. The first-order valence-corrected chi connectivity index (χ1v) is 7.45. The molecule has 2 N–H and O–H groups in total. The number of piperazine rings is 1.